The van der Waals surface area contributed by atoms with E-state index in [2.05, 4.69) is 22.2 Å². The molecule has 1 aromatic heterocycles. The molecule has 1 N–H and O–H groups in total. The molecule has 1 saturated carbocycles. The number of hydrogen-bond acceptors (Lipinski definition) is 9. The monoisotopic (exact) mass is 559 g/mol. The molecule has 208 valence electrons. The number of hydrogen-bond donors (Lipinski definition) is 1. The number of benzene rings is 2. The van der Waals surface area contributed by atoms with Gasteiger partial charge >= 0.3 is 0 Å². The maximum Gasteiger partial charge on any atom is 0.293 e. The van der Waals surface area contributed by atoms with Gasteiger partial charge in [0.25, 0.3) is 5.91 Å². The van der Waals surface area contributed by atoms with Crippen LogP contribution in [0.5, 0.6) is 11.5 Å². The molecule has 0 spiro atoms. The normalized spacial score (nSPS) is 19.1. The SMILES string of the molecule is CCC1SC(C=O)N(Cc2cccc(NC(=O)c3ncccn3)c2)N=C1c1ccc(OC)c(OC2CCCC2)c1. The fourth-order valence-corrected chi connectivity index (χ4v) is 6.14. The van der Waals surface area contributed by atoms with E-state index in [1.54, 1.807) is 31.0 Å². The van der Waals surface area contributed by atoms with Crippen LogP contribution in [0.25, 0.3) is 0 Å². The molecule has 1 amide bonds. The Labute approximate surface area is 238 Å². The van der Waals surface area contributed by atoms with Gasteiger partial charge in [0.2, 0.25) is 5.82 Å². The Morgan fingerprint density at radius 3 is 2.62 bits per heavy atom. The summed E-state index contributed by atoms with van der Waals surface area (Å²) in [5.41, 5.74) is 3.36. The van der Waals surface area contributed by atoms with Crippen molar-refractivity contribution in [2.45, 2.75) is 62.3 Å². The van der Waals surface area contributed by atoms with Crippen molar-refractivity contribution in [3.63, 3.8) is 0 Å². The molecular formula is C30H33N5O4S. The minimum Gasteiger partial charge on any atom is -0.493 e. The van der Waals surface area contributed by atoms with E-state index in [0.717, 1.165) is 48.1 Å². The summed E-state index contributed by atoms with van der Waals surface area (Å²) in [6, 6.07) is 15.1. The predicted octanol–water partition coefficient (Wildman–Crippen LogP) is 5.32. The summed E-state index contributed by atoms with van der Waals surface area (Å²) in [5.74, 6) is 1.13. The fraction of sp³-hybridized carbons (Fsp3) is 0.367. The van der Waals surface area contributed by atoms with Crippen LogP contribution in [0, 0.1) is 0 Å². The van der Waals surface area contributed by atoms with Crippen LogP contribution in [0.15, 0.2) is 66.0 Å². The summed E-state index contributed by atoms with van der Waals surface area (Å²) in [4.78, 5) is 32.7. The van der Waals surface area contributed by atoms with E-state index in [1.165, 1.54) is 25.2 Å². The van der Waals surface area contributed by atoms with Gasteiger partial charge < -0.3 is 19.6 Å². The average molecular weight is 560 g/mol. The van der Waals surface area contributed by atoms with Crippen LogP contribution in [0.1, 0.15) is 60.8 Å². The molecule has 5 rings (SSSR count). The second-order valence-electron chi connectivity index (χ2n) is 9.76. The number of thioether (sulfide) groups is 1. The Bertz CT molecular complexity index is 1360. The number of ether oxygens (including phenoxy) is 2. The second-order valence-corrected chi connectivity index (χ2v) is 11.1. The Kier molecular flexibility index (Phi) is 8.95. The summed E-state index contributed by atoms with van der Waals surface area (Å²) in [7, 11) is 1.65. The zero-order chi connectivity index (χ0) is 27.9. The van der Waals surface area contributed by atoms with E-state index >= 15 is 0 Å². The lowest BCUT2D eigenvalue weighted by Gasteiger charge is -2.35. The quantitative estimate of drug-likeness (QED) is 0.333. The molecule has 0 saturated heterocycles. The Balaban J connectivity index is 1.39. The predicted molar refractivity (Wildman–Crippen MR) is 156 cm³/mol. The summed E-state index contributed by atoms with van der Waals surface area (Å²) < 4.78 is 11.9. The first kappa shape index (κ1) is 27.6. The first-order chi connectivity index (χ1) is 19.6. The van der Waals surface area contributed by atoms with Crippen LogP contribution in [-0.4, -0.2) is 56.7 Å². The van der Waals surface area contributed by atoms with Crippen molar-refractivity contribution >= 4 is 35.4 Å². The average Bonchev–Trinajstić information content (AvgIpc) is 3.50. The topological polar surface area (TPSA) is 106 Å². The molecule has 9 nitrogen and oxygen atoms in total. The molecule has 1 aliphatic carbocycles. The Hall–Kier alpha value is -3.92. The van der Waals surface area contributed by atoms with Crippen molar-refractivity contribution in [3.8, 4) is 11.5 Å². The van der Waals surface area contributed by atoms with Gasteiger partial charge in [-0.3, -0.25) is 9.80 Å². The lowest BCUT2D eigenvalue weighted by molar-refractivity contribution is -0.110. The van der Waals surface area contributed by atoms with Gasteiger partial charge in [0.15, 0.2) is 17.8 Å². The van der Waals surface area contributed by atoms with Gasteiger partial charge in [-0.25, -0.2) is 9.97 Å². The smallest absolute Gasteiger partial charge is 0.293 e. The number of hydrazone groups is 1. The molecule has 40 heavy (non-hydrogen) atoms. The summed E-state index contributed by atoms with van der Waals surface area (Å²) in [6.07, 6.45) is 9.48. The molecule has 1 fully saturated rings. The highest BCUT2D eigenvalue weighted by atomic mass is 32.2. The molecule has 0 bridgehead atoms. The molecule has 3 aromatic rings. The van der Waals surface area contributed by atoms with Crippen molar-refractivity contribution in [1.29, 1.82) is 0 Å². The number of aromatic nitrogens is 2. The Morgan fingerprint density at radius 1 is 1.10 bits per heavy atom. The fourth-order valence-electron chi connectivity index (χ4n) is 4.98. The van der Waals surface area contributed by atoms with Crippen LogP contribution in [0.2, 0.25) is 0 Å². The number of carbonyl (C=O) groups is 2. The minimum atomic E-state index is -0.433. The van der Waals surface area contributed by atoms with E-state index in [9.17, 15) is 9.59 Å². The number of nitrogens with zero attached hydrogens (tertiary/aromatic N) is 4. The molecule has 2 atom stereocenters. The number of amides is 1. The van der Waals surface area contributed by atoms with E-state index in [4.69, 9.17) is 14.6 Å². The molecule has 2 aromatic carbocycles. The number of methoxy groups -OCH3 is 1. The van der Waals surface area contributed by atoms with Crippen LogP contribution < -0.4 is 14.8 Å². The number of rotatable bonds is 10. The molecule has 10 heteroatoms. The van der Waals surface area contributed by atoms with Crippen molar-refractivity contribution in [2.75, 3.05) is 12.4 Å². The summed E-state index contributed by atoms with van der Waals surface area (Å²) >= 11 is 1.59. The van der Waals surface area contributed by atoms with E-state index in [-0.39, 0.29) is 17.2 Å². The zero-order valence-electron chi connectivity index (χ0n) is 22.7. The highest BCUT2D eigenvalue weighted by molar-refractivity contribution is 8.01. The molecular weight excluding hydrogens is 526 g/mol. The summed E-state index contributed by atoms with van der Waals surface area (Å²) in [5, 5.41) is 9.28. The first-order valence-electron chi connectivity index (χ1n) is 13.6. The third-order valence-corrected chi connectivity index (χ3v) is 8.50. The van der Waals surface area contributed by atoms with Gasteiger partial charge in [0.05, 0.1) is 30.7 Å². The lowest BCUT2D eigenvalue weighted by Crippen LogP contribution is -2.39. The van der Waals surface area contributed by atoms with Gasteiger partial charge in [-0.2, -0.15) is 5.10 Å². The Morgan fingerprint density at radius 2 is 1.90 bits per heavy atom. The molecule has 1 aliphatic heterocycles. The van der Waals surface area contributed by atoms with Gasteiger partial charge in [-0.15, -0.1) is 11.8 Å². The number of aldehydes is 1. The van der Waals surface area contributed by atoms with Crippen LogP contribution >= 0.6 is 11.8 Å². The highest BCUT2D eigenvalue weighted by Crippen LogP contribution is 2.37. The van der Waals surface area contributed by atoms with Crippen molar-refractivity contribution in [2.24, 2.45) is 5.10 Å². The molecule has 2 aliphatic rings. The molecule has 2 heterocycles. The van der Waals surface area contributed by atoms with Gasteiger partial charge in [-0.1, -0.05) is 19.1 Å². The standard InChI is InChI=1S/C30H33N5O4S/c1-3-26-28(21-12-13-24(38-2)25(17-21)39-23-10-4-5-11-23)34-35(27(19-36)40-26)18-20-8-6-9-22(16-20)33-30(37)29-31-14-7-15-32-29/h6-9,12-17,19,23,26-27H,3-5,10-11,18H2,1-2H3,(H,33,37). The van der Waals surface area contributed by atoms with Crippen LogP contribution in [0.3, 0.4) is 0 Å². The molecule has 0 radical (unpaired) electrons. The number of anilines is 1. The van der Waals surface area contributed by atoms with E-state index < -0.39 is 11.3 Å². The lowest BCUT2D eigenvalue weighted by atomic mass is 10.0. The summed E-state index contributed by atoms with van der Waals surface area (Å²) in [6.45, 7) is 2.50. The highest BCUT2D eigenvalue weighted by Gasteiger charge is 2.32. The van der Waals surface area contributed by atoms with Crippen LogP contribution in [-0.2, 0) is 11.3 Å². The van der Waals surface area contributed by atoms with Crippen molar-refractivity contribution < 1.29 is 19.1 Å². The third kappa shape index (κ3) is 6.44. The maximum atomic E-state index is 12.5. The third-order valence-electron chi connectivity index (χ3n) is 6.98. The van der Waals surface area contributed by atoms with E-state index in [0.29, 0.717) is 18.0 Å². The number of carbonyl (C=O) groups excluding carboxylic acids is 2. The van der Waals surface area contributed by atoms with Crippen LogP contribution in [0.4, 0.5) is 5.69 Å². The van der Waals surface area contributed by atoms with Crippen molar-refractivity contribution in [3.05, 3.63) is 77.9 Å². The zero-order valence-corrected chi connectivity index (χ0v) is 23.5. The van der Waals surface area contributed by atoms with E-state index in [1.807, 2.05) is 41.4 Å². The first-order valence-corrected chi connectivity index (χ1v) is 14.5. The largest absolute Gasteiger partial charge is 0.493 e. The molecule has 2 unspecified atom stereocenters. The maximum absolute atomic E-state index is 12.5. The van der Waals surface area contributed by atoms with Gasteiger partial charge in [0.1, 0.15) is 5.37 Å². The second kappa shape index (κ2) is 13.0. The minimum absolute atomic E-state index is 0.0515. The van der Waals surface area contributed by atoms with Crippen molar-refractivity contribution in [1.82, 2.24) is 15.0 Å². The van der Waals surface area contributed by atoms with Gasteiger partial charge in [-0.05, 0) is 74.1 Å². The number of nitrogens with one attached hydrogen (secondary N) is 1. The van der Waals surface area contributed by atoms with Gasteiger partial charge in [0, 0.05) is 23.6 Å².